The molecule has 1 aromatic carbocycles. The second kappa shape index (κ2) is 6.75. The number of carbonyl (C=O) groups is 1. The third-order valence-corrected chi connectivity index (χ3v) is 4.29. The van der Waals surface area contributed by atoms with E-state index in [1.807, 2.05) is 13.8 Å². The van der Waals surface area contributed by atoms with Crippen LogP contribution in [0.5, 0.6) is 0 Å². The van der Waals surface area contributed by atoms with Crippen molar-refractivity contribution in [2.24, 2.45) is 0 Å². The first-order valence-corrected chi connectivity index (χ1v) is 7.38. The highest BCUT2D eigenvalue weighted by Crippen LogP contribution is 2.24. The molecule has 0 saturated carbocycles. The largest absolute Gasteiger partial charge is 0.399 e. The maximum Gasteiger partial charge on any atom is 0.225 e. The van der Waals surface area contributed by atoms with Crippen LogP contribution in [0.1, 0.15) is 20.3 Å². The molecule has 6 heteroatoms. The molecule has 3 N–H and O–H groups in total. The molecule has 18 heavy (non-hydrogen) atoms. The number of hydrogen-bond donors (Lipinski definition) is 2. The minimum atomic E-state index is -0.973. The first-order valence-electron chi connectivity index (χ1n) is 5.62. The average Bonchev–Trinajstić information content (AvgIpc) is 2.29. The average molecular weight is 289 g/mol. The number of rotatable bonds is 5. The van der Waals surface area contributed by atoms with E-state index in [9.17, 15) is 9.00 Å². The molecule has 0 radical (unpaired) electrons. The van der Waals surface area contributed by atoms with E-state index in [1.165, 1.54) is 0 Å². The van der Waals surface area contributed by atoms with Gasteiger partial charge in [0.05, 0.1) is 10.7 Å². The lowest BCUT2D eigenvalue weighted by atomic mass is 10.3. The number of halogens is 1. The van der Waals surface area contributed by atoms with Gasteiger partial charge >= 0.3 is 0 Å². The van der Waals surface area contributed by atoms with Crippen LogP contribution in [0.4, 0.5) is 11.4 Å². The summed E-state index contributed by atoms with van der Waals surface area (Å²) in [6.07, 6.45) is 0.214. The molecule has 0 saturated heterocycles. The van der Waals surface area contributed by atoms with Crippen molar-refractivity contribution in [3.05, 3.63) is 23.2 Å². The summed E-state index contributed by atoms with van der Waals surface area (Å²) >= 11 is 5.93. The lowest BCUT2D eigenvalue weighted by molar-refractivity contribution is -0.115. The molecule has 1 rings (SSSR count). The van der Waals surface area contributed by atoms with Crippen molar-refractivity contribution in [2.75, 3.05) is 16.8 Å². The van der Waals surface area contributed by atoms with Gasteiger partial charge in [0, 0.05) is 33.9 Å². The summed E-state index contributed by atoms with van der Waals surface area (Å²) in [6, 6.07) is 4.88. The molecule has 0 bridgehead atoms. The first kappa shape index (κ1) is 15.0. The molecule has 0 aromatic heterocycles. The molecule has 0 heterocycles. The van der Waals surface area contributed by atoms with E-state index >= 15 is 0 Å². The molecular formula is C12H17ClN2O2S. The Morgan fingerprint density at radius 3 is 2.72 bits per heavy atom. The van der Waals surface area contributed by atoms with Crippen LogP contribution in [-0.2, 0) is 15.6 Å². The molecule has 0 aliphatic heterocycles. The summed E-state index contributed by atoms with van der Waals surface area (Å²) < 4.78 is 11.5. The predicted molar refractivity (Wildman–Crippen MR) is 77.3 cm³/mol. The lowest BCUT2D eigenvalue weighted by Gasteiger charge is -2.08. The highest BCUT2D eigenvalue weighted by Gasteiger charge is 2.10. The van der Waals surface area contributed by atoms with E-state index in [0.717, 1.165) is 0 Å². The Kier molecular flexibility index (Phi) is 5.62. The molecule has 1 unspecified atom stereocenters. The van der Waals surface area contributed by atoms with Crippen LogP contribution in [0, 0.1) is 0 Å². The third kappa shape index (κ3) is 4.66. The smallest absolute Gasteiger partial charge is 0.225 e. The quantitative estimate of drug-likeness (QED) is 0.817. The molecule has 4 nitrogen and oxygen atoms in total. The fourth-order valence-electron chi connectivity index (χ4n) is 1.27. The van der Waals surface area contributed by atoms with Crippen LogP contribution in [0.25, 0.3) is 0 Å². The number of amides is 1. The van der Waals surface area contributed by atoms with Gasteiger partial charge in [-0.15, -0.1) is 0 Å². The summed E-state index contributed by atoms with van der Waals surface area (Å²) in [6.45, 7) is 3.73. The van der Waals surface area contributed by atoms with Crippen molar-refractivity contribution in [3.8, 4) is 0 Å². The van der Waals surface area contributed by atoms with Crippen LogP contribution >= 0.6 is 11.6 Å². The molecule has 1 amide bonds. The van der Waals surface area contributed by atoms with Gasteiger partial charge in [0.1, 0.15) is 0 Å². The monoisotopic (exact) mass is 288 g/mol. The number of nitrogens with two attached hydrogens (primary N) is 1. The van der Waals surface area contributed by atoms with E-state index < -0.39 is 10.8 Å². The van der Waals surface area contributed by atoms with E-state index in [-0.39, 0.29) is 17.6 Å². The minimum absolute atomic E-state index is 0.0675. The van der Waals surface area contributed by atoms with Crippen molar-refractivity contribution in [3.63, 3.8) is 0 Å². The van der Waals surface area contributed by atoms with Gasteiger partial charge in [0.25, 0.3) is 0 Å². The maximum atomic E-state index is 11.6. The van der Waals surface area contributed by atoms with Crippen molar-refractivity contribution in [1.29, 1.82) is 0 Å². The zero-order valence-corrected chi connectivity index (χ0v) is 12.0. The second-order valence-electron chi connectivity index (χ2n) is 4.17. The normalized spacial score (nSPS) is 12.4. The second-order valence-corrected chi connectivity index (χ2v) is 6.69. The lowest BCUT2D eigenvalue weighted by Crippen LogP contribution is -2.18. The van der Waals surface area contributed by atoms with Gasteiger partial charge in [-0.05, 0) is 18.2 Å². The van der Waals surface area contributed by atoms with E-state index in [4.69, 9.17) is 17.3 Å². The Morgan fingerprint density at radius 1 is 1.50 bits per heavy atom. The molecular weight excluding hydrogens is 272 g/mol. The predicted octanol–water partition coefficient (Wildman–Crippen LogP) is 2.41. The summed E-state index contributed by atoms with van der Waals surface area (Å²) in [7, 11) is -0.973. The van der Waals surface area contributed by atoms with Gasteiger partial charge in [0.15, 0.2) is 0 Å². The molecule has 0 aliphatic carbocycles. The Morgan fingerprint density at radius 2 is 2.17 bits per heavy atom. The Bertz CT molecular complexity index is 463. The van der Waals surface area contributed by atoms with Gasteiger partial charge in [0.2, 0.25) is 5.91 Å². The fraction of sp³-hybridized carbons (Fsp3) is 0.417. The Hall–Kier alpha value is -1.07. The third-order valence-electron chi connectivity index (χ3n) is 2.32. The van der Waals surface area contributed by atoms with Gasteiger partial charge in [-0.1, -0.05) is 25.4 Å². The number of benzene rings is 1. The molecule has 1 aromatic rings. The van der Waals surface area contributed by atoms with Crippen LogP contribution in [0.2, 0.25) is 5.02 Å². The van der Waals surface area contributed by atoms with Crippen molar-refractivity contribution in [1.82, 2.24) is 0 Å². The fourth-order valence-corrected chi connectivity index (χ4v) is 2.37. The Balaban J connectivity index is 2.52. The van der Waals surface area contributed by atoms with Gasteiger partial charge in [-0.25, -0.2) is 0 Å². The van der Waals surface area contributed by atoms with Crippen LogP contribution in [-0.4, -0.2) is 21.1 Å². The van der Waals surface area contributed by atoms with Crippen molar-refractivity contribution < 1.29 is 9.00 Å². The molecule has 0 fully saturated rings. The summed E-state index contributed by atoms with van der Waals surface area (Å²) in [5.74, 6) is 0.159. The number of nitrogen functional groups attached to an aromatic ring is 1. The standard InChI is InChI=1S/C12H17ClN2O2S/c1-8(2)18(17)6-5-12(16)15-11-4-3-9(14)7-10(11)13/h3-4,7-8H,5-6,14H2,1-2H3,(H,15,16). The summed E-state index contributed by atoms with van der Waals surface area (Å²) in [5, 5.41) is 3.13. The number of anilines is 2. The van der Waals surface area contributed by atoms with Crippen molar-refractivity contribution in [2.45, 2.75) is 25.5 Å². The van der Waals surface area contributed by atoms with E-state index in [0.29, 0.717) is 22.2 Å². The molecule has 100 valence electrons. The molecule has 0 aliphatic rings. The zero-order valence-electron chi connectivity index (χ0n) is 10.4. The highest BCUT2D eigenvalue weighted by molar-refractivity contribution is 7.85. The molecule has 1 atom stereocenters. The number of hydrogen-bond acceptors (Lipinski definition) is 3. The minimum Gasteiger partial charge on any atom is -0.399 e. The van der Waals surface area contributed by atoms with Gasteiger partial charge in [-0.3, -0.25) is 9.00 Å². The Labute approximate surface area is 114 Å². The van der Waals surface area contributed by atoms with Crippen molar-refractivity contribution >= 4 is 39.7 Å². The topological polar surface area (TPSA) is 72.2 Å². The SMILES string of the molecule is CC(C)S(=O)CCC(=O)Nc1ccc(N)cc1Cl. The van der Waals surface area contributed by atoms with E-state index in [2.05, 4.69) is 5.32 Å². The van der Waals surface area contributed by atoms with Gasteiger partial charge in [-0.2, -0.15) is 0 Å². The number of nitrogens with one attached hydrogen (secondary N) is 1. The van der Waals surface area contributed by atoms with Crippen LogP contribution < -0.4 is 11.1 Å². The summed E-state index contributed by atoms with van der Waals surface area (Å²) in [4.78, 5) is 11.6. The zero-order chi connectivity index (χ0) is 13.7. The van der Waals surface area contributed by atoms with Crippen LogP contribution in [0.3, 0.4) is 0 Å². The molecule has 0 spiro atoms. The number of carbonyl (C=O) groups excluding carboxylic acids is 1. The summed E-state index contributed by atoms with van der Waals surface area (Å²) in [5.41, 5.74) is 6.61. The maximum absolute atomic E-state index is 11.6. The van der Waals surface area contributed by atoms with Crippen LogP contribution in [0.15, 0.2) is 18.2 Å². The van der Waals surface area contributed by atoms with E-state index in [1.54, 1.807) is 18.2 Å². The highest BCUT2D eigenvalue weighted by atomic mass is 35.5. The first-order chi connectivity index (χ1) is 8.40. The van der Waals surface area contributed by atoms with Gasteiger partial charge < -0.3 is 11.1 Å².